The summed E-state index contributed by atoms with van der Waals surface area (Å²) in [5, 5.41) is 1.15. The van der Waals surface area contributed by atoms with Crippen LogP contribution in [0.5, 0.6) is 0 Å². The number of para-hydroxylation sites is 1. The van der Waals surface area contributed by atoms with Crippen molar-refractivity contribution in [2.24, 2.45) is 5.92 Å². The Morgan fingerprint density at radius 2 is 1.84 bits per heavy atom. The summed E-state index contributed by atoms with van der Waals surface area (Å²) in [5.41, 5.74) is 1.08. The van der Waals surface area contributed by atoms with Crippen molar-refractivity contribution < 1.29 is 14.4 Å². The van der Waals surface area contributed by atoms with Gasteiger partial charge in [-0.05, 0) is 25.0 Å². The van der Waals surface area contributed by atoms with Crippen LogP contribution in [0.4, 0.5) is 5.69 Å². The number of hydrogen-bond donors (Lipinski definition) is 0. The molecule has 0 bridgehead atoms. The van der Waals surface area contributed by atoms with E-state index in [-0.39, 0.29) is 17.7 Å². The van der Waals surface area contributed by atoms with E-state index in [0.29, 0.717) is 11.3 Å². The van der Waals surface area contributed by atoms with Crippen LogP contribution in [0.1, 0.15) is 23.2 Å². The van der Waals surface area contributed by atoms with E-state index < -0.39 is 0 Å². The standard InChI is InChI=1S/C14H18N2O3/c1-15(13(17)10-8-9-10)12-7-5-4-6-11(12)14(18)16(2)19-3/h4-7,10H,8-9H2,1-3H3. The van der Waals surface area contributed by atoms with Crippen molar-refractivity contribution >= 4 is 17.5 Å². The van der Waals surface area contributed by atoms with Crippen molar-refractivity contribution in [1.29, 1.82) is 0 Å². The van der Waals surface area contributed by atoms with E-state index in [4.69, 9.17) is 4.84 Å². The highest BCUT2D eigenvalue weighted by molar-refractivity contribution is 6.05. The van der Waals surface area contributed by atoms with E-state index in [0.717, 1.165) is 17.9 Å². The van der Waals surface area contributed by atoms with Crippen LogP contribution in [-0.4, -0.2) is 38.1 Å². The Labute approximate surface area is 112 Å². The Hall–Kier alpha value is -1.88. The van der Waals surface area contributed by atoms with E-state index in [1.807, 2.05) is 6.07 Å². The third-order valence-corrected chi connectivity index (χ3v) is 3.31. The van der Waals surface area contributed by atoms with Crippen molar-refractivity contribution in [1.82, 2.24) is 5.06 Å². The van der Waals surface area contributed by atoms with Crippen LogP contribution in [0.15, 0.2) is 24.3 Å². The van der Waals surface area contributed by atoms with Gasteiger partial charge in [-0.15, -0.1) is 0 Å². The molecule has 0 heterocycles. The second kappa shape index (κ2) is 5.40. The zero-order chi connectivity index (χ0) is 14.0. The summed E-state index contributed by atoms with van der Waals surface area (Å²) >= 11 is 0. The molecule has 0 atom stereocenters. The summed E-state index contributed by atoms with van der Waals surface area (Å²) in [4.78, 5) is 30.7. The van der Waals surface area contributed by atoms with Crippen molar-refractivity contribution in [3.63, 3.8) is 0 Å². The van der Waals surface area contributed by atoms with Gasteiger partial charge in [-0.3, -0.25) is 14.4 Å². The van der Waals surface area contributed by atoms with Gasteiger partial charge in [0, 0.05) is 20.0 Å². The number of benzene rings is 1. The van der Waals surface area contributed by atoms with E-state index >= 15 is 0 Å². The average molecular weight is 262 g/mol. The van der Waals surface area contributed by atoms with Crippen LogP contribution < -0.4 is 4.90 Å². The Bertz CT molecular complexity index is 497. The molecular formula is C14H18N2O3. The summed E-state index contributed by atoms with van der Waals surface area (Å²) in [6, 6.07) is 7.06. The number of rotatable bonds is 4. The van der Waals surface area contributed by atoms with Crippen molar-refractivity contribution in [2.45, 2.75) is 12.8 Å². The first kappa shape index (κ1) is 13.5. The van der Waals surface area contributed by atoms with E-state index in [1.165, 1.54) is 7.11 Å². The van der Waals surface area contributed by atoms with Gasteiger partial charge in [0.2, 0.25) is 5.91 Å². The first-order chi connectivity index (χ1) is 9.06. The molecule has 0 saturated heterocycles. The van der Waals surface area contributed by atoms with Crippen LogP contribution in [0.3, 0.4) is 0 Å². The number of carbonyl (C=O) groups is 2. The average Bonchev–Trinajstić information content (AvgIpc) is 3.28. The van der Waals surface area contributed by atoms with Gasteiger partial charge in [0.05, 0.1) is 18.4 Å². The second-order valence-corrected chi connectivity index (χ2v) is 4.67. The lowest BCUT2D eigenvalue weighted by Crippen LogP contribution is -2.32. The van der Waals surface area contributed by atoms with Gasteiger partial charge in [0.25, 0.3) is 5.91 Å². The van der Waals surface area contributed by atoms with Gasteiger partial charge < -0.3 is 4.90 Å². The number of nitrogens with zero attached hydrogens (tertiary/aromatic N) is 2. The summed E-state index contributed by atoms with van der Waals surface area (Å²) in [6.45, 7) is 0. The summed E-state index contributed by atoms with van der Waals surface area (Å²) in [5.74, 6) is -0.0813. The molecular weight excluding hydrogens is 244 g/mol. The number of amides is 2. The minimum atomic E-state index is -0.270. The lowest BCUT2D eigenvalue weighted by atomic mass is 10.1. The highest BCUT2D eigenvalue weighted by Crippen LogP contribution is 2.33. The maximum absolute atomic E-state index is 12.2. The second-order valence-electron chi connectivity index (χ2n) is 4.67. The predicted molar refractivity (Wildman–Crippen MR) is 71.7 cm³/mol. The molecule has 1 aliphatic rings. The van der Waals surface area contributed by atoms with Crippen LogP contribution in [0.25, 0.3) is 0 Å². The Balaban J connectivity index is 2.29. The van der Waals surface area contributed by atoms with Crippen LogP contribution in [-0.2, 0) is 9.63 Å². The third kappa shape index (κ3) is 2.76. The molecule has 0 N–H and O–H groups in total. The summed E-state index contributed by atoms with van der Waals surface area (Å²) in [6.07, 6.45) is 1.88. The van der Waals surface area contributed by atoms with E-state index in [2.05, 4.69) is 0 Å². The molecule has 19 heavy (non-hydrogen) atoms. The van der Waals surface area contributed by atoms with Crippen molar-refractivity contribution in [3.8, 4) is 0 Å². The molecule has 0 unspecified atom stereocenters. The molecule has 0 aromatic heterocycles. The smallest absolute Gasteiger partial charge is 0.279 e. The van der Waals surface area contributed by atoms with Gasteiger partial charge in [-0.25, -0.2) is 5.06 Å². The fourth-order valence-corrected chi connectivity index (χ4v) is 1.92. The molecule has 1 aliphatic carbocycles. The molecule has 0 aliphatic heterocycles. The quantitative estimate of drug-likeness (QED) is 0.776. The van der Waals surface area contributed by atoms with Gasteiger partial charge in [0.1, 0.15) is 0 Å². The molecule has 1 aromatic rings. The Kier molecular flexibility index (Phi) is 3.85. The van der Waals surface area contributed by atoms with Crippen molar-refractivity contribution in [2.75, 3.05) is 26.1 Å². The normalized spacial score (nSPS) is 14.1. The number of carbonyl (C=O) groups excluding carboxylic acids is 2. The minimum absolute atomic E-state index is 0.0697. The Morgan fingerprint density at radius 1 is 1.21 bits per heavy atom. The highest BCUT2D eigenvalue weighted by Gasteiger charge is 2.33. The first-order valence-corrected chi connectivity index (χ1v) is 6.25. The van der Waals surface area contributed by atoms with Crippen LogP contribution in [0, 0.1) is 5.92 Å². The first-order valence-electron chi connectivity index (χ1n) is 6.25. The molecule has 0 radical (unpaired) electrons. The van der Waals surface area contributed by atoms with Gasteiger partial charge in [-0.2, -0.15) is 0 Å². The van der Waals surface area contributed by atoms with Crippen LogP contribution >= 0.6 is 0 Å². The fourth-order valence-electron chi connectivity index (χ4n) is 1.92. The lowest BCUT2D eigenvalue weighted by Gasteiger charge is -2.22. The Morgan fingerprint density at radius 3 is 2.42 bits per heavy atom. The molecule has 1 fully saturated rings. The van der Waals surface area contributed by atoms with Gasteiger partial charge in [-0.1, -0.05) is 12.1 Å². The zero-order valence-corrected chi connectivity index (χ0v) is 11.4. The molecule has 1 saturated carbocycles. The largest absolute Gasteiger partial charge is 0.314 e. The number of hydroxylamine groups is 2. The SMILES string of the molecule is CON(C)C(=O)c1ccccc1N(C)C(=O)C1CC1. The molecule has 5 heteroatoms. The van der Waals surface area contributed by atoms with Crippen molar-refractivity contribution in [3.05, 3.63) is 29.8 Å². The topological polar surface area (TPSA) is 49.9 Å². The number of anilines is 1. The number of hydrogen-bond acceptors (Lipinski definition) is 3. The molecule has 2 amide bonds. The van der Waals surface area contributed by atoms with E-state index in [1.54, 1.807) is 37.2 Å². The maximum Gasteiger partial charge on any atom is 0.279 e. The fraction of sp³-hybridized carbons (Fsp3) is 0.429. The highest BCUT2D eigenvalue weighted by atomic mass is 16.7. The third-order valence-electron chi connectivity index (χ3n) is 3.31. The molecule has 0 spiro atoms. The monoisotopic (exact) mass is 262 g/mol. The van der Waals surface area contributed by atoms with E-state index in [9.17, 15) is 9.59 Å². The summed E-state index contributed by atoms with van der Waals surface area (Å²) < 4.78 is 0. The van der Waals surface area contributed by atoms with Crippen LogP contribution in [0.2, 0.25) is 0 Å². The van der Waals surface area contributed by atoms with Gasteiger partial charge >= 0.3 is 0 Å². The lowest BCUT2D eigenvalue weighted by molar-refractivity contribution is -0.119. The minimum Gasteiger partial charge on any atom is -0.314 e. The molecule has 1 aromatic carbocycles. The molecule has 2 rings (SSSR count). The zero-order valence-electron chi connectivity index (χ0n) is 11.4. The molecule has 102 valence electrons. The predicted octanol–water partition coefficient (Wildman–Crippen LogP) is 1.69. The van der Waals surface area contributed by atoms with Gasteiger partial charge in [0.15, 0.2) is 0 Å². The summed E-state index contributed by atoms with van der Waals surface area (Å²) in [7, 11) is 4.68. The molecule has 5 nitrogen and oxygen atoms in total. The maximum atomic E-state index is 12.2.